The van der Waals surface area contributed by atoms with Crippen LogP contribution in [-0.2, 0) is 0 Å². The topological polar surface area (TPSA) is 6.48 Å². The summed E-state index contributed by atoms with van der Waals surface area (Å²) in [6, 6.07) is 21.4. The molecule has 0 saturated carbocycles. The van der Waals surface area contributed by atoms with Crippen molar-refractivity contribution in [3.63, 3.8) is 0 Å². The lowest BCUT2D eigenvalue weighted by atomic mass is 10.2. The summed E-state index contributed by atoms with van der Waals surface area (Å²) in [7, 11) is 4.27. The van der Waals surface area contributed by atoms with Gasteiger partial charge in [-0.05, 0) is 50.5 Å². The minimum absolute atomic E-state index is 1.08. The van der Waals surface area contributed by atoms with Crippen LogP contribution in [-0.4, -0.2) is 44.4 Å². The molecule has 0 aromatic heterocycles. The maximum atomic E-state index is 2.49. The van der Waals surface area contributed by atoms with Crippen LogP contribution in [0.1, 0.15) is 6.42 Å². The van der Waals surface area contributed by atoms with Crippen LogP contribution in [0.4, 0.5) is 5.69 Å². The second-order valence-electron chi connectivity index (χ2n) is 5.64. The molecule has 0 fully saturated rings. The largest absolute Gasteiger partial charge is 0.370 e. The van der Waals surface area contributed by atoms with Crippen LogP contribution in [0.2, 0.25) is 0 Å². The maximum absolute atomic E-state index is 2.49. The van der Waals surface area contributed by atoms with Gasteiger partial charge in [-0.25, -0.2) is 0 Å². The number of likely N-dealkylation sites (N-methyl/N-ethyl adjacent to an activating group) is 1. The van der Waals surface area contributed by atoms with Crippen molar-refractivity contribution in [3.8, 4) is 0 Å². The van der Waals surface area contributed by atoms with Crippen molar-refractivity contribution in [2.75, 3.05) is 44.4 Å². The molecule has 0 aliphatic heterocycles. The molecule has 0 spiro atoms. The Kier molecular flexibility index (Phi) is 7.34. The molecule has 22 heavy (non-hydrogen) atoms. The first-order valence-electron chi connectivity index (χ1n) is 7.88. The van der Waals surface area contributed by atoms with Gasteiger partial charge in [0.1, 0.15) is 0 Å². The maximum Gasteiger partial charge on any atom is 0.0366 e. The number of rotatable bonds is 9. The molecule has 0 atom stereocenters. The Labute approximate surface area is 139 Å². The minimum atomic E-state index is 1.08. The van der Waals surface area contributed by atoms with E-state index in [1.54, 1.807) is 0 Å². The van der Waals surface area contributed by atoms with E-state index in [9.17, 15) is 0 Å². The van der Waals surface area contributed by atoms with Crippen LogP contribution in [0.3, 0.4) is 0 Å². The molecule has 0 heterocycles. The van der Waals surface area contributed by atoms with Crippen molar-refractivity contribution in [2.45, 2.75) is 11.3 Å². The molecular weight excluding hydrogens is 288 g/mol. The third kappa shape index (κ3) is 6.12. The van der Waals surface area contributed by atoms with E-state index in [-0.39, 0.29) is 0 Å². The summed E-state index contributed by atoms with van der Waals surface area (Å²) in [6.07, 6.45) is 1.20. The van der Waals surface area contributed by atoms with Gasteiger partial charge in [0, 0.05) is 30.2 Å². The predicted molar refractivity (Wildman–Crippen MR) is 99.0 cm³/mol. The fraction of sp³-hybridized carbons (Fsp3) is 0.368. The van der Waals surface area contributed by atoms with Crippen molar-refractivity contribution in [1.29, 1.82) is 0 Å². The number of nitrogens with zero attached hydrogens (tertiary/aromatic N) is 2. The highest BCUT2D eigenvalue weighted by Crippen LogP contribution is 2.19. The Bertz CT molecular complexity index is 513. The van der Waals surface area contributed by atoms with Crippen molar-refractivity contribution < 1.29 is 0 Å². The number of benzene rings is 2. The van der Waals surface area contributed by atoms with Crippen molar-refractivity contribution in [3.05, 3.63) is 60.7 Å². The molecule has 0 bridgehead atoms. The summed E-state index contributed by atoms with van der Waals surface area (Å²) in [6.45, 7) is 3.27. The van der Waals surface area contributed by atoms with Gasteiger partial charge in [0.05, 0.1) is 0 Å². The molecule has 0 amide bonds. The van der Waals surface area contributed by atoms with Gasteiger partial charge in [-0.2, -0.15) is 0 Å². The Morgan fingerprint density at radius 1 is 0.773 bits per heavy atom. The first kappa shape index (κ1) is 16.9. The van der Waals surface area contributed by atoms with E-state index >= 15 is 0 Å². The van der Waals surface area contributed by atoms with Gasteiger partial charge in [-0.1, -0.05) is 36.4 Å². The molecular formula is C19H26N2S. The lowest BCUT2D eigenvalue weighted by molar-refractivity contribution is 0.413. The second kappa shape index (κ2) is 9.54. The lowest BCUT2D eigenvalue weighted by Gasteiger charge is -2.26. The monoisotopic (exact) mass is 314 g/mol. The quantitative estimate of drug-likeness (QED) is 0.505. The zero-order valence-corrected chi connectivity index (χ0v) is 14.4. The molecule has 2 rings (SSSR count). The highest BCUT2D eigenvalue weighted by Gasteiger charge is 2.06. The summed E-state index contributed by atoms with van der Waals surface area (Å²) in [5.74, 6) is 1.16. The van der Waals surface area contributed by atoms with Crippen LogP contribution in [0.5, 0.6) is 0 Å². The zero-order valence-electron chi connectivity index (χ0n) is 13.6. The predicted octanol–water partition coefficient (Wildman–Crippen LogP) is 4.24. The molecule has 0 saturated heterocycles. The third-order valence-electron chi connectivity index (χ3n) is 3.52. The first-order chi connectivity index (χ1) is 10.8. The number of hydrogen-bond donors (Lipinski definition) is 0. The van der Waals surface area contributed by atoms with Gasteiger partial charge in [-0.3, -0.25) is 0 Å². The average Bonchev–Trinajstić information content (AvgIpc) is 2.56. The SMILES string of the molecule is CN(C)CCN(CCCSc1ccccc1)c1ccccc1. The average molecular weight is 314 g/mol. The van der Waals surface area contributed by atoms with Gasteiger partial charge in [-0.15, -0.1) is 11.8 Å². The summed E-state index contributed by atoms with van der Waals surface area (Å²) < 4.78 is 0. The Hall–Kier alpha value is -1.45. The summed E-state index contributed by atoms with van der Waals surface area (Å²) in [4.78, 5) is 6.10. The van der Waals surface area contributed by atoms with Crippen LogP contribution in [0, 0.1) is 0 Å². The molecule has 0 radical (unpaired) electrons. The van der Waals surface area contributed by atoms with Gasteiger partial charge < -0.3 is 9.80 Å². The van der Waals surface area contributed by atoms with E-state index in [1.807, 2.05) is 11.8 Å². The normalized spacial score (nSPS) is 10.9. The molecule has 0 aliphatic carbocycles. The molecule has 0 N–H and O–H groups in total. The third-order valence-corrected chi connectivity index (χ3v) is 4.62. The first-order valence-corrected chi connectivity index (χ1v) is 8.87. The summed E-state index contributed by atoms with van der Waals surface area (Å²) >= 11 is 1.94. The molecule has 3 heteroatoms. The van der Waals surface area contributed by atoms with E-state index in [0.29, 0.717) is 0 Å². The van der Waals surface area contributed by atoms with Gasteiger partial charge in [0.2, 0.25) is 0 Å². The van der Waals surface area contributed by atoms with Crippen molar-refractivity contribution >= 4 is 17.4 Å². The fourth-order valence-electron chi connectivity index (χ4n) is 2.29. The Morgan fingerprint density at radius 3 is 2.05 bits per heavy atom. The van der Waals surface area contributed by atoms with Crippen molar-refractivity contribution in [1.82, 2.24) is 4.90 Å². The van der Waals surface area contributed by atoms with Crippen LogP contribution in [0.15, 0.2) is 65.6 Å². The molecule has 2 nitrogen and oxygen atoms in total. The highest BCUT2D eigenvalue weighted by molar-refractivity contribution is 7.99. The highest BCUT2D eigenvalue weighted by atomic mass is 32.2. The van der Waals surface area contributed by atoms with Gasteiger partial charge in [0.25, 0.3) is 0 Å². The number of hydrogen-bond acceptors (Lipinski definition) is 3. The van der Waals surface area contributed by atoms with E-state index in [2.05, 4.69) is 84.6 Å². The molecule has 0 unspecified atom stereocenters. The van der Waals surface area contributed by atoms with Crippen LogP contribution < -0.4 is 4.90 Å². The molecule has 2 aromatic rings. The summed E-state index contributed by atoms with van der Waals surface area (Å²) in [5, 5.41) is 0. The number of thioether (sulfide) groups is 1. The summed E-state index contributed by atoms with van der Waals surface area (Å²) in [5.41, 5.74) is 1.33. The van der Waals surface area contributed by atoms with Gasteiger partial charge in [0.15, 0.2) is 0 Å². The van der Waals surface area contributed by atoms with Crippen LogP contribution >= 0.6 is 11.8 Å². The van der Waals surface area contributed by atoms with Gasteiger partial charge >= 0.3 is 0 Å². The van der Waals surface area contributed by atoms with Crippen LogP contribution in [0.25, 0.3) is 0 Å². The Balaban J connectivity index is 1.81. The molecule has 0 aliphatic rings. The zero-order chi connectivity index (χ0) is 15.6. The fourth-order valence-corrected chi connectivity index (χ4v) is 3.15. The minimum Gasteiger partial charge on any atom is -0.370 e. The van der Waals surface area contributed by atoms with E-state index < -0.39 is 0 Å². The van der Waals surface area contributed by atoms with Crippen molar-refractivity contribution in [2.24, 2.45) is 0 Å². The van der Waals surface area contributed by atoms with E-state index in [0.717, 1.165) is 25.4 Å². The number of para-hydroxylation sites is 1. The van der Waals surface area contributed by atoms with E-state index in [1.165, 1.54) is 17.0 Å². The number of anilines is 1. The second-order valence-corrected chi connectivity index (χ2v) is 6.81. The standard InChI is InChI=1S/C19H26N2S/c1-20(2)15-16-21(18-10-5-3-6-11-18)14-9-17-22-19-12-7-4-8-13-19/h3-8,10-13H,9,14-17H2,1-2H3. The van der Waals surface area contributed by atoms with E-state index in [4.69, 9.17) is 0 Å². The smallest absolute Gasteiger partial charge is 0.0366 e. The molecule has 2 aromatic carbocycles. The molecule has 118 valence electrons. The lowest BCUT2D eigenvalue weighted by Crippen LogP contribution is -2.32. The Morgan fingerprint density at radius 2 is 1.41 bits per heavy atom.